The van der Waals surface area contributed by atoms with Crippen LogP contribution in [-0.4, -0.2) is 19.9 Å². The number of hydrogen-bond donors (Lipinski definition) is 0. The van der Waals surface area contributed by atoms with E-state index >= 15 is 0 Å². The molecule has 4 heteroatoms. The monoisotopic (exact) mass is 612 g/mol. The van der Waals surface area contributed by atoms with Crippen molar-refractivity contribution >= 4 is 32.8 Å². The highest BCUT2D eigenvalue weighted by molar-refractivity contribution is 6.04. The molecule has 0 aliphatic carbocycles. The SMILES string of the molecule is c1ccc(-c2ccc3ccc4ccc(-c5cccc(-c6ccc7nc(-c8ccccc8)c(-c8ccccc8)nc7c6)c5)nc4c3n2)cc1. The van der Waals surface area contributed by atoms with Gasteiger partial charge in [-0.25, -0.2) is 19.9 Å². The van der Waals surface area contributed by atoms with Crippen LogP contribution in [0.15, 0.2) is 170 Å². The third-order valence-corrected chi connectivity index (χ3v) is 8.84. The Hall–Kier alpha value is -6.52. The van der Waals surface area contributed by atoms with Gasteiger partial charge in [0.25, 0.3) is 0 Å². The van der Waals surface area contributed by atoms with Gasteiger partial charge in [-0.3, -0.25) is 0 Å². The van der Waals surface area contributed by atoms with Crippen molar-refractivity contribution in [2.24, 2.45) is 0 Å². The quantitative estimate of drug-likeness (QED) is 0.181. The number of nitrogens with zero attached hydrogens (tertiary/aromatic N) is 4. The van der Waals surface area contributed by atoms with Crippen LogP contribution in [-0.2, 0) is 0 Å². The number of benzene rings is 6. The lowest BCUT2D eigenvalue weighted by atomic mass is 9.99. The number of fused-ring (bicyclic) bond motifs is 4. The fraction of sp³-hybridized carbons (Fsp3) is 0. The summed E-state index contributed by atoms with van der Waals surface area (Å²) in [6.45, 7) is 0. The third kappa shape index (κ3) is 5.06. The molecule has 0 spiro atoms. The van der Waals surface area contributed by atoms with Crippen LogP contribution in [0, 0.1) is 0 Å². The molecule has 224 valence electrons. The van der Waals surface area contributed by atoms with Crippen LogP contribution in [0.3, 0.4) is 0 Å². The van der Waals surface area contributed by atoms with E-state index in [0.717, 1.165) is 89.0 Å². The first-order chi connectivity index (χ1) is 23.8. The molecular weight excluding hydrogens is 585 g/mol. The summed E-state index contributed by atoms with van der Waals surface area (Å²) in [5.74, 6) is 0. The van der Waals surface area contributed by atoms with Crippen molar-refractivity contribution in [2.75, 3.05) is 0 Å². The molecule has 0 N–H and O–H groups in total. The second kappa shape index (κ2) is 11.7. The molecule has 6 aromatic carbocycles. The molecule has 0 atom stereocenters. The fourth-order valence-electron chi connectivity index (χ4n) is 6.38. The summed E-state index contributed by atoms with van der Waals surface area (Å²) in [6, 6.07) is 58.4. The van der Waals surface area contributed by atoms with Crippen LogP contribution in [0.25, 0.3) is 89.0 Å². The fourth-order valence-corrected chi connectivity index (χ4v) is 6.38. The van der Waals surface area contributed by atoms with E-state index in [1.807, 2.05) is 54.6 Å². The molecule has 0 amide bonds. The highest BCUT2D eigenvalue weighted by Crippen LogP contribution is 2.34. The Labute approximate surface area is 278 Å². The van der Waals surface area contributed by atoms with E-state index in [0.29, 0.717) is 0 Å². The summed E-state index contributed by atoms with van der Waals surface area (Å²) in [5, 5.41) is 2.14. The molecule has 9 rings (SSSR count). The zero-order valence-electron chi connectivity index (χ0n) is 26.0. The van der Waals surface area contributed by atoms with Gasteiger partial charge in [-0.2, -0.15) is 0 Å². The molecular formula is C44H28N4. The van der Waals surface area contributed by atoms with Gasteiger partial charge in [0, 0.05) is 33.0 Å². The first-order valence-corrected chi connectivity index (χ1v) is 16.1. The molecule has 0 radical (unpaired) electrons. The summed E-state index contributed by atoms with van der Waals surface area (Å²) in [6.07, 6.45) is 0. The van der Waals surface area contributed by atoms with Gasteiger partial charge in [-0.15, -0.1) is 0 Å². The van der Waals surface area contributed by atoms with E-state index in [-0.39, 0.29) is 0 Å². The zero-order valence-corrected chi connectivity index (χ0v) is 26.0. The molecule has 0 unspecified atom stereocenters. The maximum absolute atomic E-state index is 5.20. The Morgan fingerprint density at radius 2 is 0.729 bits per heavy atom. The number of hydrogen-bond acceptors (Lipinski definition) is 4. The van der Waals surface area contributed by atoms with E-state index in [9.17, 15) is 0 Å². The van der Waals surface area contributed by atoms with Crippen LogP contribution in [0.4, 0.5) is 0 Å². The molecule has 0 fully saturated rings. The summed E-state index contributed by atoms with van der Waals surface area (Å²) in [7, 11) is 0. The second-order valence-corrected chi connectivity index (χ2v) is 11.9. The molecule has 3 aromatic heterocycles. The lowest BCUT2D eigenvalue weighted by Gasteiger charge is -2.12. The van der Waals surface area contributed by atoms with Gasteiger partial charge in [-0.05, 0) is 41.5 Å². The lowest BCUT2D eigenvalue weighted by Crippen LogP contribution is -1.96. The zero-order chi connectivity index (χ0) is 31.9. The molecule has 9 aromatic rings. The van der Waals surface area contributed by atoms with Crippen molar-refractivity contribution in [3.8, 4) is 56.2 Å². The number of aromatic nitrogens is 4. The molecule has 0 saturated carbocycles. The van der Waals surface area contributed by atoms with Gasteiger partial charge in [-0.1, -0.05) is 140 Å². The van der Waals surface area contributed by atoms with E-state index in [2.05, 4.69) is 115 Å². The molecule has 4 nitrogen and oxygen atoms in total. The molecule has 0 bridgehead atoms. The summed E-state index contributed by atoms with van der Waals surface area (Å²) in [4.78, 5) is 20.6. The van der Waals surface area contributed by atoms with Gasteiger partial charge >= 0.3 is 0 Å². The van der Waals surface area contributed by atoms with Crippen molar-refractivity contribution in [2.45, 2.75) is 0 Å². The first-order valence-electron chi connectivity index (χ1n) is 16.1. The Kier molecular flexibility index (Phi) is 6.76. The average molecular weight is 613 g/mol. The normalized spacial score (nSPS) is 11.3. The standard InChI is InChI=1S/C44H28N4/c1-4-11-29(12-5-1)37-24-21-32-19-20-33-22-25-38(46-44(33)43(32)45-37)36-18-10-17-34(27-36)35-23-26-39-40(28-35)48-42(31-15-8-3-9-16-31)41(47-39)30-13-6-2-7-14-30/h1-28H. The van der Waals surface area contributed by atoms with Crippen LogP contribution >= 0.6 is 0 Å². The lowest BCUT2D eigenvalue weighted by molar-refractivity contribution is 1.29. The maximum Gasteiger partial charge on any atom is 0.0973 e. The van der Waals surface area contributed by atoms with Crippen LogP contribution in [0.5, 0.6) is 0 Å². The predicted octanol–water partition coefficient (Wildman–Crippen LogP) is 11.1. The minimum Gasteiger partial charge on any atom is -0.245 e. The molecule has 0 aliphatic rings. The maximum atomic E-state index is 5.20. The van der Waals surface area contributed by atoms with Gasteiger partial charge in [0.1, 0.15) is 0 Å². The Morgan fingerprint density at radius 3 is 1.33 bits per heavy atom. The van der Waals surface area contributed by atoms with Crippen molar-refractivity contribution in [3.05, 3.63) is 170 Å². The highest BCUT2D eigenvalue weighted by atomic mass is 14.8. The Morgan fingerprint density at radius 1 is 0.271 bits per heavy atom. The van der Waals surface area contributed by atoms with Gasteiger partial charge < -0.3 is 0 Å². The minimum absolute atomic E-state index is 0.854. The minimum atomic E-state index is 0.854. The average Bonchev–Trinajstić information content (AvgIpc) is 3.18. The topological polar surface area (TPSA) is 51.6 Å². The van der Waals surface area contributed by atoms with Crippen molar-refractivity contribution in [3.63, 3.8) is 0 Å². The van der Waals surface area contributed by atoms with Crippen LogP contribution < -0.4 is 0 Å². The third-order valence-electron chi connectivity index (χ3n) is 8.84. The largest absolute Gasteiger partial charge is 0.245 e. The smallest absolute Gasteiger partial charge is 0.0973 e. The summed E-state index contributed by atoms with van der Waals surface area (Å²) >= 11 is 0. The Bertz CT molecular complexity index is 2600. The van der Waals surface area contributed by atoms with Crippen molar-refractivity contribution in [1.29, 1.82) is 0 Å². The summed E-state index contributed by atoms with van der Waals surface area (Å²) in [5.41, 5.74) is 13.5. The van der Waals surface area contributed by atoms with E-state index in [1.165, 1.54) is 0 Å². The number of rotatable bonds is 5. The van der Waals surface area contributed by atoms with E-state index in [4.69, 9.17) is 19.9 Å². The van der Waals surface area contributed by atoms with Gasteiger partial charge in [0.05, 0.1) is 44.8 Å². The van der Waals surface area contributed by atoms with Crippen LogP contribution in [0.2, 0.25) is 0 Å². The van der Waals surface area contributed by atoms with E-state index < -0.39 is 0 Å². The first kappa shape index (κ1) is 27.8. The predicted molar refractivity (Wildman–Crippen MR) is 197 cm³/mol. The van der Waals surface area contributed by atoms with Gasteiger partial charge in [0.2, 0.25) is 0 Å². The van der Waals surface area contributed by atoms with Gasteiger partial charge in [0.15, 0.2) is 0 Å². The molecule has 3 heterocycles. The highest BCUT2D eigenvalue weighted by Gasteiger charge is 2.14. The van der Waals surface area contributed by atoms with E-state index in [1.54, 1.807) is 0 Å². The molecule has 0 aliphatic heterocycles. The molecule has 48 heavy (non-hydrogen) atoms. The van der Waals surface area contributed by atoms with Crippen molar-refractivity contribution < 1.29 is 0 Å². The van der Waals surface area contributed by atoms with Crippen molar-refractivity contribution in [1.82, 2.24) is 19.9 Å². The number of pyridine rings is 2. The van der Waals surface area contributed by atoms with Crippen LogP contribution in [0.1, 0.15) is 0 Å². The molecule has 0 saturated heterocycles. The Balaban J connectivity index is 1.13. The second-order valence-electron chi connectivity index (χ2n) is 11.9. The summed E-state index contributed by atoms with van der Waals surface area (Å²) < 4.78 is 0.